The Morgan fingerprint density at radius 3 is 2.61 bits per heavy atom. The number of aliphatic imine (C=N–C) groups is 1. The van der Waals surface area contributed by atoms with Gasteiger partial charge < -0.3 is 15.0 Å². The summed E-state index contributed by atoms with van der Waals surface area (Å²) in [5, 5.41) is 5.94. The molecule has 0 atom stereocenters. The first kappa shape index (κ1) is 20.2. The lowest BCUT2D eigenvalue weighted by Gasteiger charge is -2.33. The molecule has 0 amide bonds. The van der Waals surface area contributed by atoms with Crippen LogP contribution >= 0.6 is 0 Å². The van der Waals surface area contributed by atoms with E-state index in [4.69, 9.17) is 9.73 Å². The molecule has 3 rings (SSSR count). The average Bonchev–Trinajstić information content (AvgIpc) is 2.73. The molecule has 0 saturated carbocycles. The van der Waals surface area contributed by atoms with Crippen molar-refractivity contribution in [2.75, 3.05) is 32.8 Å². The first-order chi connectivity index (χ1) is 13.7. The van der Waals surface area contributed by atoms with Crippen LogP contribution in [0.5, 0.6) is 0 Å². The van der Waals surface area contributed by atoms with Gasteiger partial charge in [-0.25, -0.2) is 0 Å². The summed E-state index contributed by atoms with van der Waals surface area (Å²) in [6, 6.07) is 15.1. The smallest absolute Gasteiger partial charge is 0.309 e. The summed E-state index contributed by atoms with van der Waals surface area (Å²) < 4.78 is 5.17. The molecule has 1 saturated heterocycles. The first-order valence-electron chi connectivity index (χ1n) is 10.4. The van der Waals surface area contributed by atoms with Crippen LogP contribution < -0.4 is 5.32 Å². The van der Waals surface area contributed by atoms with Gasteiger partial charge in [-0.3, -0.25) is 9.79 Å². The fourth-order valence-electron chi connectivity index (χ4n) is 3.70. The van der Waals surface area contributed by atoms with Crippen LogP contribution in [-0.4, -0.2) is 49.6 Å². The molecular formula is C23H31N3O2. The van der Waals surface area contributed by atoms with Gasteiger partial charge >= 0.3 is 5.97 Å². The van der Waals surface area contributed by atoms with Crippen LogP contribution in [0.4, 0.5) is 0 Å². The largest absolute Gasteiger partial charge is 0.466 e. The summed E-state index contributed by atoms with van der Waals surface area (Å²) in [6.45, 7) is 7.67. The minimum Gasteiger partial charge on any atom is -0.466 e. The van der Waals surface area contributed by atoms with Crippen LogP contribution in [0.1, 0.15) is 32.3 Å². The van der Waals surface area contributed by atoms with Crippen LogP contribution in [0.3, 0.4) is 0 Å². The Bertz CT molecular complexity index is 810. The Balaban J connectivity index is 1.57. The molecule has 1 aliphatic heterocycles. The lowest BCUT2D eigenvalue weighted by atomic mass is 9.97. The van der Waals surface area contributed by atoms with Crippen molar-refractivity contribution >= 4 is 22.7 Å². The molecule has 5 heteroatoms. The predicted molar refractivity (Wildman–Crippen MR) is 115 cm³/mol. The number of benzene rings is 2. The number of hydrogen-bond donors (Lipinski definition) is 1. The van der Waals surface area contributed by atoms with E-state index in [0.717, 1.165) is 51.4 Å². The molecule has 1 heterocycles. The molecule has 0 radical (unpaired) electrons. The van der Waals surface area contributed by atoms with Gasteiger partial charge in [-0.2, -0.15) is 0 Å². The molecule has 0 unspecified atom stereocenters. The molecule has 150 valence electrons. The number of nitrogens with zero attached hydrogens (tertiary/aromatic N) is 2. The van der Waals surface area contributed by atoms with Gasteiger partial charge in [0, 0.05) is 26.2 Å². The first-order valence-corrected chi connectivity index (χ1v) is 10.4. The Kier molecular flexibility index (Phi) is 7.29. The lowest BCUT2D eigenvalue weighted by Crippen LogP contribution is -2.46. The van der Waals surface area contributed by atoms with Crippen molar-refractivity contribution in [3.63, 3.8) is 0 Å². The summed E-state index contributed by atoms with van der Waals surface area (Å²) in [7, 11) is 0. The predicted octanol–water partition coefficient (Wildman–Crippen LogP) is 3.62. The third kappa shape index (κ3) is 5.24. The number of nitrogens with one attached hydrogen (secondary N) is 1. The number of esters is 1. The normalized spacial score (nSPS) is 15.6. The van der Waals surface area contributed by atoms with Crippen molar-refractivity contribution in [3.05, 3.63) is 48.0 Å². The van der Waals surface area contributed by atoms with Gasteiger partial charge in [-0.05, 0) is 49.4 Å². The van der Waals surface area contributed by atoms with E-state index in [0.29, 0.717) is 6.61 Å². The minimum absolute atomic E-state index is 0.0247. The molecule has 5 nitrogen and oxygen atoms in total. The number of carbonyl (C=O) groups is 1. The van der Waals surface area contributed by atoms with E-state index in [9.17, 15) is 4.79 Å². The van der Waals surface area contributed by atoms with Gasteiger partial charge in [-0.1, -0.05) is 42.5 Å². The number of rotatable bonds is 6. The number of piperidine rings is 1. The number of likely N-dealkylation sites (tertiary alicyclic amines) is 1. The molecule has 1 aliphatic rings. The molecule has 1 N–H and O–H groups in total. The molecule has 2 aromatic rings. The zero-order chi connectivity index (χ0) is 19.8. The fourth-order valence-corrected chi connectivity index (χ4v) is 3.70. The van der Waals surface area contributed by atoms with E-state index in [2.05, 4.69) is 59.6 Å². The van der Waals surface area contributed by atoms with E-state index in [1.165, 1.54) is 16.3 Å². The lowest BCUT2D eigenvalue weighted by molar-refractivity contribution is -0.149. The molecule has 0 aromatic heterocycles. The summed E-state index contributed by atoms with van der Waals surface area (Å²) in [5.74, 6) is 0.919. The number of guanidine groups is 1. The van der Waals surface area contributed by atoms with Crippen LogP contribution in [0.2, 0.25) is 0 Å². The Hall–Kier alpha value is -2.56. The summed E-state index contributed by atoms with van der Waals surface area (Å²) >= 11 is 0. The SMILES string of the molecule is CCNC(=NCCc1ccc2ccccc2c1)N1CCC(C(=O)OCC)CC1. The highest BCUT2D eigenvalue weighted by Gasteiger charge is 2.27. The Labute approximate surface area is 167 Å². The van der Waals surface area contributed by atoms with Gasteiger partial charge in [0.05, 0.1) is 12.5 Å². The highest BCUT2D eigenvalue weighted by atomic mass is 16.5. The van der Waals surface area contributed by atoms with Crippen molar-refractivity contribution < 1.29 is 9.53 Å². The van der Waals surface area contributed by atoms with Crippen LogP contribution in [0.15, 0.2) is 47.5 Å². The molecular weight excluding hydrogens is 350 g/mol. The molecule has 0 spiro atoms. The Morgan fingerprint density at radius 2 is 1.89 bits per heavy atom. The van der Waals surface area contributed by atoms with Crippen LogP contribution in [-0.2, 0) is 16.0 Å². The molecule has 1 fully saturated rings. The van der Waals surface area contributed by atoms with E-state index in [1.54, 1.807) is 0 Å². The van der Waals surface area contributed by atoms with Gasteiger partial charge in [0.1, 0.15) is 0 Å². The maximum absolute atomic E-state index is 11.9. The highest BCUT2D eigenvalue weighted by molar-refractivity contribution is 5.83. The highest BCUT2D eigenvalue weighted by Crippen LogP contribution is 2.19. The van der Waals surface area contributed by atoms with Crippen LogP contribution in [0.25, 0.3) is 10.8 Å². The average molecular weight is 382 g/mol. The van der Waals surface area contributed by atoms with Gasteiger partial charge in [-0.15, -0.1) is 0 Å². The second-order valence-electron chi connectivity index (χ2n) is 7.18. The third-order valence-corrected chi connectivity index (χ3v) is 5.23. The van der Waals surface area contributed by atoms with Crippen molar-refractivity contribution in [2.24, 2.45) is 10.9 Å². The molecule has 28 heavy (non-hydrogen) atoms. The van der Waals surface area contributed by atoms with E-state index >= 15 is 0 Å². The van der Waals surface area contributed by atoms with E-state index in [1.807, 2.05) is 6.92 Å². The maximum atomic E-state index is 11.9. The van der Waals surface area contributed by atoms with E-state index < -0.39 is 0 Å². The van der Waals surface area contributed by atoms with Gasteiger partial charge in [0.25, 0.3) is 0 Å². The van der Waals surface area contributed by atoms with Crippen molar-refractivity contribution in [1.82, 2.24) is 10.2 Å². The minimum atomic E-state index is -0.0552. The van der Waals surface area contributed by atoms with E-state index in [-0.39, 0.29) is 11.9 Å². The second-order valence-corrected chi connectivity index (χ2v) is 7.18. The zero-order valence-corrected chi connectivity index (χ0v) is 17.0. The number of carbonyl (C=O) groups excluding carboxylic acids is 1. The number of hydrogen-bond acceptors (Lipinski definition) is 3. The molecule has 2 aromatic carbocycles. The summed E-state index contributed by atoms with van der Waals surface area (Å²) in [5.41, 5.74) is 1.30. The standard InChI is InChI=1S/C23H31N3O2/c1-3-24-23(26-15-12-20(13-16-26)22(27)28-4-2)25-14-11-18-9-10-19-7-5-6-8-21(19)17-18/h5-10,17,20H,3-4,11-16H2,1-2H3,(H,24,25). The topological polar surface area (TPSA) is 53.9 Å². The molecule has 0 bridgehead atoms. The van der Waals surface area contributed by atoms with Gasteiger partial charge in [0.2, 0.25) is 0 Å². The van der Waals surface area contributed by atoms with Crippen molar-refractivity contribution in [2.45, 2.75) is 33.1 Å². The maximum Gasteiger partial charge on any atom is 0.309 e. The van der Waals surface area contributed by atoms with Crippen LogP contribution in [0, 0.1) is 5.92 Å². The monoisotopic (exact) mass is 381 g/mol. The van der Waals surface area contributed by atoms with Crippen molar-refractivity contribution in [3.8, 4) is 0 Å². The fraction of sp³-hybridized carbons (Fsp3) is 0.478. The zero-order valence-electron chi connectivity index (χ0n) is 17.0. The quantitative estimate of drug-likeness (QED) is 0.472. The third-order valence-electron chi connectivity index (χ3n) is 5.23. The second kappa shape index (κ2) is 10.1. The van der Waals surface area contributed by atoms with Gasteiger partial charge in [0.15, 0.2) is 5.96 Å². The number of ether oxygens (including phenoxy) is 1. The Morgan fingerprint density at radius 1 is 1.14 bits per heavy atom. The van der Waals surface area contributed by atoms with Crippen molar-refractivity contribution in [1.29, 1.82) is 0 Å². The molecule has 0 aliphatic carbocycles. The summed E-state index contributed by atoms with van der Waals surface area (Å²) in [6.07, 6.45) is 2.57. The number of fused-ring (bicyclic) bond motifs is 1. The summed E-state index contributed by atoms with van der Waals surface area (Å²) in [4.78, 5) is 19.0.